The number of aliphatic imine (C=N–C) groups is 1. The average molecular weight is 331 g/mol. The van der Waals surface area contributed by atoms with E-state index in [9.17, 15) is 13.9 Å². The van der Waals surface area contributed by atoms with Crippen molar-refractivity contribution in [1.29, 1.82) is 0 Å². The Bertz CT molecular complexity index is 902. The Balaban J connectivity index is 1.96. The molecule has 0 amide bonds. The first-order chi connectivity index (χ1) is 11.4. The number of aromatic hydroxyl groups is 1. The van der Waals surface area contributed by atoms with Crippen LogP contribution in [-0.2, 0) is 0 Å². The third kappa shape index (κ3) is 3.15. The molecule has 0 atom stereocenters. The lowest BCUT2D eigenvalue weighted by molar-refractivity contribution is -0.0498. The second kappa shape index (κ2) is 6.19. The monoisotopic (exact) mass is 331 g/mol. The summed E-state index contributed by atoms with van der Waals surface area (Å²) in [6.45, 7) is -1.12. The van der Waals surface area contributed by atoms with E-state index < -0.39 is 6.61 Å². The molecule has 1 aromatic heterocycles. The van der Waals surface area contributed by atoms with Crippen LogP contribution in [0.15, 0.2) is 47.5 Å². The highest BCUT2D eigenvalue weighted by Gasteiger charge is 2.14. The fraction of sp³-hybridized carbons (Fsp3) is 0.118. The maximum absolute atomic E-state index is 12.2. The number of benzene rings is 2. The number of nitrogen functional groups attached to an aromatic ring is 1. The van der Waals surface area contributed by atoms with Crippen LogP contribution in [0.4, 0.5) is 20.2 Å². The molecule has 5 nitrogen and oxygen atoms in total. The number of hydrogen-bond donors (Lipinski definition) is 3. The van der Waals surface area contributed by atoms with Gasteiger partial charge < -0.3 is 20.6 Å². The van der Waals surface area contributed by atoms with E-state index in [4.69, 9.17) is 5.73 Å². The van der Waals surface area contributed by atoms with E-state index in [0.717, 1.165) is 10.9 Å². The summed E-state index contributed by atoms with van der Waals surface area (Å²) in [7, 11) is 0. The number of halogens is 2. The molecule has 1 heterocycles. The molecular weight excluding hydrogens is 316 g/mol. The number of aromatic amines is 1. The third-order valence-corrected chi connectivity index (χ3v) is 3.52. The fourth-order valence-electron chi connectivity index (χ4n) is 2.51. The van der Waals surface area contributed by atoms with Crippen molar-refractivity contribution in [3.05, 3.63) is 48.0 Å². The van der Waals surface area contributed by atoms with Gasteiger partial charge in [0, 0.05) is 16.6 Å². The SMILES string of the molecule is CC(=Nc1ccc(OC(F)F)cc1)c1c(O)[nH]c2ccc(N)cc12. The van der Waals surface area contributed by atoms with Crippen LogP contribution in [0.1, 0.15) is 12.5 Å². The van der Waals surface area contributed by atoms with Crippen LogP contribution in [0.25, 0.3) is 10.9 Å². The molecule has 0 fully saturated rings. The molecule has 0 aliphatic heterocycles. The van der Waals surface area contributed by atoms with Crippen LogP contribution in [0, 0.1) is 0 Å². The number of nitrogens with one attached hydrogen (secondary N) is 1. The van der Waals surface area contributed by atoms with Crippen molar-refractivity contribution >= 4 is 28.0 Å². The average Bonchev–Trinajstić information content (AvgIpc) is 2.84. The quantitative estimate of drug-likeness (QED) is 0.495. The van der Waals surface area contributed by atoms with E-state index in [1.54, 1.807) is 37.3 Å². The second-order valence-corrected chi connectivity index (χ2v) is 5.22. The lowest BCUT2D eigenvalue weighted by Gasteiger charge is -2.05. The Hall–Kier alpha value is -3.09. The summed E-state index contributed by atoms with van der Waals surface area (Å²) >= 11 is 0. The Morgan fingerprint density at radius 3 is 2.58 bits per heavy atom. The summed E-state index contributed by atoms with van der Waals surface area (Å²) in [5.74, 6) is 0.0545. The molecule has 0 radical (unpaired) electrons. The molecule has 24 heavy (non-hydrogen) atoms. The standard InChI is InChI=1S/C17H15F2N3O2/c1-9(21-11-3-5-12(6-4-11)24-17(18)19)15-13-8-10(20)2-7-14(13)22-16(15)23/h2-8,17,22-23H,20H2,1H3. The zero-order valence-electron chi connectivity index (χ0n) is 12.8. The Kier molecular flexibility index (Phi) is 4.07. The van der Waals surface area contributed by atoms with E-state index in [1.807, 2.05) is 0 Å². The summed E-state index contributed by atoms with van der Waals surface area (Å²) in [4.78, 5) is 7.28. The zero-order valence-corrected chi connectivity index (χ0v) is 12.8. The molecule has 124 valence electrons. The predicted octanol–water partition coefficient (Wildman–Crippen LogP) is 4.20. The van der Waals surface area contributed by atoms with Crippen molar-refractivity contribution < 1.29 is 18.6 Å². The van der Waals surface area contributed by atoms with Crippen molar-refractivity contribution in [2.45, 2.75) is 13.5 Å². The van der Waals surface area contributed by atoms with Gasteiger partial charge in [-0.1, -0.05) is 0 Å². The van der Waals surface area contributed by atoms with Gasteiger partial charge in [-0.3, -0.25) is 4.99 Å². The Labute approximate surface area is 136 Å². The van der Waals surface area contributed by atoms with E-state index in [-0.39, 0.29) is 11.6 Å². The maximum atomic E-state index is 12.2. The minimum absolute atomic E-state index is 0.00509. The number of H-pyrrole nitrogens is 1. The van der Waals surface area contributed by atoms with Crippen molar-refractivity contribution in [3.8, 4) is 11.6 Å². The first kappa shape index (κ1) is 15.8. The molecule has 3 aromatic rings. The fourth-order valence-corrected chi connectivity index (χ4v) is 2.51. The number of rotatable bonds is 4. The molecule has 3 rings (SSSR count). The van der Waals surface area contributed by atoms with Crippen molar-refractivity contribution in [2.24, 2.45) is 4.99 Å². The normalized spacial score (nSPS) is 12.1. The Morgan fingerprint density at radius 2 is 1.92 bits per heavy atom. The van der Waals surface area contributed by atoms with Crippen LogP contribution in [0.2, 0.25) is 0 Å². The molecule has 7 heteroatoms. The predicted molar refractivity (Wildman–Crippen MR) is 89.3 cm³/mol. The van der Waals surface area contributed by atoms with Crippen LogP contribution >= 0.6 is 0 Å². The smallest absolute Gasteiger partial charge is 0.387 e. The van der Waals surface area contributed by atoms with Gasteiger partial charge in [-0.2, -0.15) is 8.78 Å². The minimum Gasteiger partial charge on any atom is -0.494 e. The summed E-state index contributed by atoms with van der Waals surface area (Å²) in [5.41, 5.74) is 8.77. The van der Waals surface area contributed by atoms with E-state index in [1.165, 1.54) is 12.1 Å². The molecule has 0 bridgehead atoms. The zero-order chi connectivity index (χ0) is 17.3. The number of hydrogen-bond acceptors (Lipinski definition) is 4. The van der Waals surface area contributed by atoms with Gasteiger partial charge in [-0.25, -0.2) is 0 Å². The lowest BCUT2D eigenvalue weighted by atomic mass is 10.1. The van der Waals surface area contributed by atoms with E-state index >= 15 is 0 Å². The number of fused-ring (bicyclic) bond motifs is 1. The van der Waals surface area contributed by atoms with Crippen LogP contribution in [0.3, 0.4) is 0 Å². The first-order valence-corrected chi connectivity index (χ1v) is 7.15. The van der Waals surface area contributed by atoms with Gasteiger partial charge in [0.1, 0.15) is 5.75 Å². The molecule has 4 N–H and O–H groups in total. The highest BCUT2D eigenvalue weighted by Crippen LogP contribution is 2.30. The minimum atomic E-state index is -2.87. The first-order valence-electron chi connectivity index (χ1n) is 7.15. The van der Waals surface area contributed by atoms with Gasteiger partial charge in [0.15, 0.2) is 5.88 Å². The van der Waals surface area contributed by atoms with Crippen molar-refractivity contribution in [3.63, 3.8) is 0 Å². The maximum Gasteiger partial charge on any atom is 0.387 e. The van der Waals surface area contributed by atoms with Gasteiger partial charge in [0.05, 0.1) is 17.0 Å². The molecule has 0 spiro atoms. The number of nitrogens with zero attached hydrogens (tertiary/aromatic N) is 1. The van der Waals surface area contributed by atoms with E-state index in [0.29, 0.717) is 22.6 Å². The third-order valence-electron chi connectivity index (χ3n) is 3.52. The van der Waals surface area contributed by atoms with E-state index in [2.05, 4.69) is 14.7 Å². The van der Waals surface area contributed by atoms with Gasteiger partial charge in [-0.15, -0.1) is 0 Å². The number of anilines is 1. The molecule has 0 unspecified atom stereocenters. The van der Waals surface area contributed by atoms with Crippen LogP contribution in [-0.4, -0.2) is 22.4 Å². The lowest BCUT2D eigenvalue weighted by Crippen LogP contribution is -2.01. The number of aromatic nitrogens is 1. The summed E-state index contributed by atoms with van der Waals surface area (Å²) < 4.78 is 28.6. The molecular formula is C17H15F2N3O2. The van der Waals surface area contributed by atoms with Crippen LogP contribution in [0.5, 0.6) is 11.6 Å². The molecule has 0 saturated heterocycles. The number of nitrogens with two attached hydrogens (primary N) is 1. The Morgan fingerprint density at radius 1 is 1.21 bits per heavy atom. The number of alkyl halides is 2. The largest absolute Gasteiger partial charge is 0.494 e. The molecule has 0 aliphatic carbocycles. The number of ether oxygens (including phenoxy) is 1. The molecule has 0 saturated carbocycles. The van der Waals surface area contributed by atoms with Gasteiger partial charge in [0.25, 0.3) is 0 Å². The molecule has 0 aliphatic rings. The molecule has 2 aromatic carbocycles. The summed E-state index contributed by atoms with van der Waals surface area (Å²) in [6.07, 6.45) is 0. The van der Waals surface area contributed by atoms with Gasteiger partial charge >= 0.3 is 6.61 Å². The summed E-state index contributed by atoms with van der Waals surface area (Å²) in [5, 5.41) is 10.9. The van der Waals surface area contributed by atoms with Gasteiger partial charge in [0.2, 0.25) is 0 Å². The van der Waals surface area contributed by atoms with Crippen LogP contribution < -0.4 is 10.5 Å². The highest BCUT2D eigenvalue weighted by molar-refractivity contribution is 6.13. The van der Waals surface area contributed by atoms with Crippen molar-refractivity contribution in [2.75, 3.05) is 5.73 Å². The topological polar surface area (TPSA) is 83.6 Å². The highest BCUT2D eigenvalue weighted by atomic mass is 19.3. The van der Waals surface area contributed by atoms with Gasteiger partial charge in [-0.05, 0) is 49.4 Å². The second-order valence-electron chi connectivity index (χ2n) is 5.22. The summed E-state index contributed by atoms with van der Waals surface area (Å²) in [6, 6.07) is 11.2. The van der Waals surface area contributed by atoms with Crippen molar-refractivity contribution in [1.82, 2.24) is 4.98 Å².